The minimum absolute atomic E-state index is 0.0262. The summed E-state index contributed by atoms with van der Waals surface area (Å²) in [5.74, 6) is -0.0262. The monoisotopic (exact) mass is 288 g/mol. The molecule has 2 rings (SSSR count). The Bertz CT molecular complexity index is 379. The van der Waals surface area contributed by atoms with Gasteiger partial charge in [-0.1, -0.05) is 39.7 Å². The molecule has 0 heterocycles. The normalized spacial score (nSPS) is 19.0. The van der Waals surface area contributed by atoms with Crippen LogP contribution in [-0.2, 0) is 5.41 Å². The summed E-state index contributed by atoms with van der Waals surface area (Å²) in [6, 6.07) is 7.46. The molecule has 0 bridgehead atoms. The maximum Gasteiger partial charge on any atom is 0.107 e. The van der Waals surface area contributed by atoms with Gasteiger partial charge in [-0.2, -0.15) is 0 Å². The van der Waals surface area contributed by atoms with E-state index in [9.17, 15) is 4.39 Å². The van der Waals surface area contributed by atoms with Gasteiger partial charge in [-0.05, 0) is 36.6 Å². The molecule has 0 unspecified atom stereocenters. The minimum Gasteiger partial charge on any atom is -0.211 e. The summed E-state index contributed by atoms with van der Waals surface area (Å²) in [4.78, 5) is 0. The highest BCUT2D eigenvalue weighted by atomic mass is 79.9. The number of hydrogen-bond acceptors (Lipinski definition) is 0. The van der Waals surface area contributed by atoms with Crippen LogP contribution in [0.25, 0.3) is 0 Å². The van der Waals surface area contributed by atoms with Gasteiger partial charge in [-0.25, -0.2) is 4.39 Å². The maximum atomic E-state index is 13.8. The second kappa shape index (κ2) is 4.26. The standard InChI is InChI=1S/C12H11BrClF/c13-8-5-11(15)12(6-7-12)9-1-3-10(14)4-2-9/h1-5H,6-8H2/b11-5-. The molecule has 80 valence electrons. The van der Waals surface area contributed by atoms with Crippen molar-refractivity contribution in [1.82, 2.24) is 0 Å². The van der Waals surface area contributed by atoms with E-state index < -0.39 is 0 Å². The first-order valence-electron chi connectivity index (χ1n) is 4.87. The van der Waals surface area contributed by atoms with Crippen molar-refractivity contribution in [3.63, 3.8) is 0 Å². The molecule has 0 aromatic heterocycles. The van der Waals surface area contributed by atoms with Crippen molar-refractivity contribution in [2.45, 2.75) is 18.3 Å². The van der Waals surface area contributed by atoms with E-state index in [2.05, 4.69) is 15.9 Å². The molecular weight excluding hydrogens is 278 g/mol. The quantitative estimate of drug-likeness (QED) is 0.712. The van der Waals surface area contributed by atoms with Gasteiger partial charge in [0.15, 0.2) is 0 Å². The topological polar surface area (TPSA) is 0 Å². The third kappa shape index (κ3) is 2.11. The highest BCUT2D eigenvalue weighted by Gasteiger charge is 2.48. The van der Waals surface area contributed by atoms with E-state index in [1.807, 2.05) is 24.3 Å². The molecule has 0 N–H and O–H groups in total. The molecule has 0 atom stereocenters. The molecule has 15 heavy (non-hydrogen) atoms. The Kier molecular flexibility index (Phi) is 3.17. The SMILES string of the molecule is F/C(=C\CBr)C1(c2ccc(Cl)cc2)CC1. The van der Waals surface area contributed by atoms with Crippen LogP contribution in [-0.4, -0.2) is 5.33 Å². The van der Waals surface area contributed by atoms with E-state index in [-0.39, 0.29) is 11.2 Å². The van der Waals surface area contributed by atoms with Gasteiger partial charge in [0.2, 0.25) is 0 Å². The van der Waals surface area contributed by atoms with Crippen molar-refractivity contribution in [2.24, 2.45) is 0 Å². The summed E-state index contributed by atoms with van der Waals surface area (Å²) in [6.07, 6.45) is 3.38. The second-order valence-electron chi connectivity index (χ2n) is 3.80. The lowest BCUT2D eigenvalue weighted by Gasteiger charge is -2.13. The molecule has 0 aliphatic heterocycles. The van der Waals surface area contributed by atoms with Crippen LogP contribution in [0.1, 0.15) is 18.4 Å². The van der Waals surface area contributed by atoms with Gasteiger partial charge in [0.25, 0.3) is 0 Å². The smallest absolute Gasteiger partial charge is 0.107 e. The molecule has 1 aromatic carbocycles. The fourth-order valence-electron chi connectivity index (χ4n) is 1.82. The first-order chi connectivity index (χ1) is 7.19. The summed E-state index contributed by atoms with van der Waals surface area (Å²) in [5.41, 5.74) is 0.680. The van der Waals surface area contributed by atoms with Crippen molar-refractivity contribution in [3.8, 4) is 0 Å². The Morgan fingerprint density at radius 3 is 2.47 bits per heavy atom. The van der Waals surface area contributed by atoms with E-state index in [1.54, 1.807) is 6.08 Å². The summed E-state index contributed by atoms with van der Waals surface area (Å²) in [7, 11) is 0. The summed E-state index contributed by atoms with van der Waals surface area (Å²) in [5, 5.41) is 1.26. The van der Waals surface area contributed by atoms with Crippen molar-refractivity contribution in [1.29, 1.82) is 0 Å². The van der Waals surface area contributed by atoms with E-state index in [1.165, 1.54) is 0 Å². The average Bonchev–Trinajstić information content (AvgIpc) is 3.00. The van der Waals surface area contributed by atoms with Crippen molar-refractivity contribution >= 4 is 27.5 Å². The van der Waals surface area contributed by atoms with Gasteiger partial charge in [0.1, 0.15) is 5.83 Å². The third-order valence-corrected chi connectivity index (χ3v) is 3.44. The van der Waals surface area contributed by atoms with Crippen molar-refractivity contribution in [2.75, 3.05) is 5.33 Å². The van der Waals surface area contributed by atoms with Gasteiger partial charge in [-0.3, -0.25) is 0 Å². The molecule has 1 fully saturated rings. The molecule has 0 amide bonds. The Balaban J connectivity index is 2.30. The van der Waals surface area contributed by atoms with E-state index >= 15 is 0 Å². The van der Waals surface area contributed by atoms with Crippen LogP contribution in [0.4, 0.5) is 4.39 Å². The number of benzene rings is 1. The maximum absolute atomic E-state index is 13.8. The molecule has 1 saturated carbocycles. The molecule has 1 aliphatic carbocycles. The average molecular weight is 290 g/mol. The van der Waals surface area contributed by atoms with Crippen LogP contribution in [0, 0.1) is 0 Å². The largest absolute Gasteiger partial charge is 0.211 e. The van der Waals surface area contributed by atoms with Gasteiger partial charge in [0, 0.05) is 15.8 Å². The summed E-state index contributed by atoms with van der Waals surface area (Å²) >= 11 is 9.02. The molecule has 1 aromatic rings. The second-order valence-corrected chi connectivity index (χ2v) is 4.88. The van der Waals surface area contributed by atoms with Crippen LogP contribution >= 0.6 is 27.5 Å². The predicted octanol–water partition coefficient (Wildman–Crippen LogP) is 4.62. The van der Waals surface area contributed by atoms with Crippen molar-refractivity contribution in [3.05, 3.63) is 46.8 Å². The highest BCUT2D eigenvalue weighted by Crippen LogP contribution is 2.54. The molecule has 0 nitrogen and oxygen atoms in total. The van der Waals surface area contributed by atoms with Crippen LogP contribution < -0.4 is 0 Å². The Hall–Kier alpha value is -0.340. The number of hydrogen-bond donors (Lipinski definition) is 0. The summed E-state index contributed by atoms with van der Waals surface area (Å²) in [6.45, 7) is 0. The lowest BCUT2D eigenvalue weighted by atomic mass is 9.94. The van der Waals surface area contributed by atoms with Crippen LogP contribution in [0.2, 0.25) is 5.02 Å². The third-order valence-electron chi connectivity index (χ3n) is 2.86. The van der Waals surface area contributed by atoms with E-state index in [4.69, 9.17) is 11.6 Å². The minimum atomic E-state index is -0.349. The summed E-state index contributed by atoms with van der Waals surface area (Å²) < 4.78 is 13.8. The molecule has 0 radical (unpaired) electrons. The predicted molar refractivity (Wildman–Crippen MR) is 65.3 cm³/mol. The van der Waals surface area contributed by atoms with Crippen molar-refractivity contribution < 1.29 is 4.39 Å². The van der Waals surface area contributed by atoms with E-state index in [0.717, 1.165) is 18.4 Å². The Labute approximate surface area is 102 Å². The molecule has 0 spiro atoms. The van der Waals surface area contributed by atoms with Gasteiger partial charge >= 0.3 is 0 Å². The zero-order chi connectivity index (χ0) is 10.9. The van der Waals surface area contributed by atoms with Crippen LogP contribution in [0.3, 0.4) is 0 Å². The zero-order valence-electron chi connectivity index (χ0n) is 8.14. The fraction of sp³-hybridized carbons (Fsp3) is 0.333. The van der Waals surface area contributed by atoms with Crippen LogP contribution in [0.15, 0.2) is 36.2 Å². The van der Waals surface area contributed by atoms with Gasteiger partial charge < -0.3 is 0 Å². The van der Waals surface area contributed by atoms with E-state index in [0.29, 0.717) is 10.4 Å². The number of allylic oxidation sites excluding steroid dienone is 2. The first-order valence-corrected chi connectivity index (χ1v) is 6.37. The fourth-order valence-corrected chi connectivity index (χ4v) is 2.23. The lowest BCUT2D eigenvalue weighted by molar-refractivity contribution is 0.534. The van der Waals surface area contributed by atoms with Gasteiger partial charge in [0.05, 0.1) is 0 Å². The lowest BCUT2D eigenvalue weighted by Crippen LogP contribution is -2.07. The van der Waals surface area contributed by atoms with Gasteiger partial charge in [-0.15, -0.1) is 0 Å². The number of alkyl halides is 1. The molecule has 1 aliphatic rings. The Morgan fingerprint density at radius 1 is 1.40 bits per heavy atom. The number of halogens is 3. The van der Waals surface area contributed by atoms with Crippen LogP contribution in [0.5, 0.6) is 0 Å². The molecule has 3 heteroatoms. The first kappa shape index (κ1) is 11.2. The number of rotatable bonds is 3. The highest BCUT2D eigenvalue weighted by molar-refractivity contribution is 9.09. The Morgan fingerprint density at radius 2 is 2.00 bits per heavy atom. The molecule has 0 saturated heterocycles. The zero-order valence-corrected chi connectivity index (χ0v) is 10.5. The molecular formula is C12H11BrClF.